The van der Waals surface area contributed by atoms with Gasteiger partial charge in [0.1, 0.15) is 17.4 Å². The molecule has 0 aliphatic carbocycles. The smallest absolute Gasteiger partial charge is 0.222 e. The molecule has 7 heteroatoms. The van der Waals surface area contributed by atoms with Crippen molar-refractivity contribution in [2.45, 2.75) is 32.7 Å². The van der Waals surface area contributed by atoms with E-state index in [1.54, 1.807) is 7.11 Å². The molecular weight excluding hydrogens is 368 g/mol. The molecule has 2 aliphatic heterocycles. The minimum atomic E-state index is 0.184. The Morgan fingerprint density at radius 2 is 2.03 bits per heavy atom. The van der Waals surface area contributed by atoms with Crippen LogP contribution in [0, 0.1) is 0 Å². The first-order chi connectivity index (χ1) is 14.2. The Morgan fingerprint density at radius 1 is 1.21 bits per heavy atom. The molecule has 0 N–H and O–H groups in total. The van der Waals surface area contributed by atoms with E-state index in [1.165, 1.54) is 0 Å². The van der Waals surface area contributed by atoms with E-state index in [9.17, 15) is 4.79 Å². The molecule has 1 fully saturated rings. The molecular formula is C22H28N4O3. The molecule has 154 valence electrons. The molecule has 4 rings (SSSR count). The number of ether oxygens (including phenoxy) is 2. The predicted octanol–water partition coefficient (Wildman–Crippen LogP) is 2.21. The van der Waals surface area contributed by atoms with Crippen LogP contribution in [0.1, 0.15) is 36.0 Å². The van der Waals surface area contributed by atoms with Crippen molar-refractivity contribution in [2.75, 3.05) is 44.9 Å². The van der Waals surface area contributed by atoms with Crippen molar-refractivity contribution in [1.29, 1.82) is 0 Å². The third-order valence-corrected chi connectivity index (χ3v) is 5.55. The second kappa shape index (κ2) is 8.78. The molecule has 2 aromatic rings. The number of benzene rings is 1. The van der Waals surface area contributed by atoms with E-state index in [4.69, 9.17) is 19.4 Å². The Labute approximate surface area is 171 Å². The molecule has 1 saturated heterocycles. The van der Waals surface area contributed by atoms with Crippen molar-refractivity contribution >= 4 is 11.7 Å². The number of anilines is 1. The van der Waals surface area contributed by atoms with Crippen LogP contribution in [-0.4, -0.2) is 60.7 Å². The van der Waals surface area contributed by atoms with E-state index in [1.807, 2.05) is 30.0 Å². The van der Waals surface area contributed by atoms with Gasteiger partial charge in [0.25, 0.3) is 0 Å². The maximum atomic E-state index is 12.3. The van der Waals surface area contributed by atoms with Gasteiger partial charge in [-0.1, -0.05) is 19.1 Å². The average Bonchev–Trinajstić information content (AvgIpc) is 2.78. The summed E-state index contributed by atoms with van der Waals surface area (Å²) in [6, 6.07) is 8.03. The molecule has 1 aromatic heterocycles. The highest BCUT2D eigenvalue weighted by atomic mass is 16.5. The van der Waals surface area contributed by atoms with Gasteiger partial charge in [-0.3, -0.25) is 4.79 Å². The van der Waals surface area contributed by atoms with Gasteiger partial charge in [0.2, 0.25) is 5.91 Å². The molecule has 3 heterocycles. The lowest BCUT2D eigenvalue weighted by atomic mass is 10.0. The number of fused-ring (bicyclic) bond motifs is 1. The van der Waals surface area contributed by atoms with Gasteiger partial charge in [-0.15, -0.1) is 0 Å². The number of morpholine rings is 1. The third-order valence-electron chi connectivity index (χ3n) is 5.55. The van der Waals surface area contributed by atoms with Crippen LogP contribution in [0.25, 0.3) is 0 Å². The van der Waals surface area contributed by atoms with Crippen molar-refractivity contribution in [2.24, 2.45) is 0 Å². The monoisotopic (exact) mass is 396 g/mol. The van der Waals surface area contributed by atoms with Gasteiger partial charge in [-0.25, -0.2) is 9.97 Å². The molecule has 1 aromatic carbocycles. The van der Waals surface area contributed by atoms with Crippen molar-refractivity contribution in [3.05, 3.63) is 46.9 Å². The number of hydrogen-bond donors (Lipinski definition) is 0. The number of methoxy groups -OCH3 is 1. The zero-order chi connectivity index (χ0) is 20.2. The van der Waals surface area contributed by atoms with Crippen LogP contribution < -0.4 is 9.64 Å². The zero-order valence-electron chi connectivity index (χ0n) is 17.2. The maximum absolute atomic E-state index is 12.3. The van der Waals surface area contributed by atoms with E-state index in [-0.39, 0.29) is 5.91 Å². The summed E-state index contributed by atoms with van der Waals surface area (Å²) in [6.45, 7) is 6.23. The fraction of sp³-hybridized carbons (Fsp3) is 0.500. The zero-order valence-corrected chi connectivity index (χ0v) is 17.2. The fourth-order valence-corrected chi connectivity index (χ4v) is 3.96. The first kappa shape index (κ1) is 19.6. The fourth-order valence-electron chi connectivity index (χ4n) is 3.96. The van der Waals surface area contributed by atoms with Gasteiger partial charge < -0.3 is 19.3 Å². The first-order valence-electron chi connectivity index (χ1n) is 10.3. The number of aromatic nitrogens is 2. The summed E-state index contributed by atoms with van der Waals surface area (Å²) in [7, 11) is 1.67. The van der Waals surface area contributed by atoms with E-state index in [0.717, 1.165) is 60.3 Å². The summed E-state index contributed by atoms with van der Waals surface area (Å²) < 4.78 is 10.9. The van der Waals surface area contributed by atoms with Crippen molar-refractivity contribution in [3.63, 3.8) is 0 Å². The summed E-state index contributed by atoms with van der Waals surface area (Å²) in [5.74, 6) is 2.80. The molecule has 0 unspecified atom stereocenters. The summed E-state index contributed by atoms with van der Waals surface area (Å²) in [5.41, 5.74) is 3.28. The van der Waals surface area contributed by atoms with Crippen LogP contribution in [0.2, 0.25) is 0 Å². The van der Waals surface area contributed by atoms with E-state index < -0.39 is 0 Å². The summed E-state index contributed by atoms with van der Waals surface area (Å²) >= 11 is 0. The summed E-state index contributed by atoms with van der Waals surface area (Å²) in [5, 5.41) is 0. The highest BCUT2D eigenvalue weighted by Gasteiger charge is 2.27. The number of rotatable bonds is 5. The van der Waals surface area contributed by atoms with E-state index >= 15 is 0 Å². The summed E-state index contributed by atoms with van der Waals surface area (Å²) in [4.78, 5) is 26.3. The lowest BCUT2D eigenvalue weighted by Gasteiger charge is -2.34. The normalized spacial score (nSPS) is 16.5. The quantitative estimate of drug-likeness (QED) is 0.772. The van der Waals surface area contributed by atoms with Crippen LogP contribution >= 0.6 is 0 Å². The van der Waals surface area contributed by atoms with Crippen LogP contribution in [0.15, 0.2) is 24.3 Å². The number of hydrogen-bond acceptors (Lipinski definition) is 6. The molecule has 0 bridgehead atoms. The lowest BCUT2D eigenvalue weighted by Crippen LogP contribution is -2.41. The predicted molar refractivity (Wildman–Crippen MR) is 110 cm³/mol. The van der Waals surface area contributed by atoms with Gasteiger partial charge in [-0.05, 0) is 17.7 Å². The SMILES string of the molecule is CCC(=O)N1CCc2nc(Cc3cccc(OC)c3)nc(N3CCOCC3)c2C1. The molecule has 0 spiro atoms. The van der Waals surface area contributed by atoms with Gasteiger partial charge in [0.15, 0.2) is 0 Å². The number of nitrogens with zero attached hydrogens (tertiary/aromatic N) is 4. The standard InChI is InChI=1S/C22H28N4O3/c1-3-21(27)26-8-7-19-18(15-26)22(25-9-11-29-12-10-25)24-20(23-19)14-16-5-4-6-17(13-16)28-2/h4-6,13H,3,7-12,14-15H2,1-2H3. The van der Waals surface area contributed by atoms with Gasteiger partial charge in [0, 0.05) is 44.5 Å². The minimum absolute atomic E-state index is 0.184. The van der Waals surface area contributed by atoms with Crippen molar-refractivity contribution < 1.29 is 14.3 Å². The Morgan fingerprint density at radius 3 is 2.79 bits per heavy atom. The van der Waals surface area contributed by atoms with Crippen LogP contribution in [0.4, 0.5) is 5.82 Å². The van der Waals surface area contributed by atoms with Crippen molar-refractivity contribution in [1.82, 2.24) is 14.9 Å². The van der Waals surface area contributed by atoms with E-state index in [0.29, 0.717) is 32.6 Å². The number of amides is 1. The molecule has 2 aliphatic rings. The van der Waals surface area contributed by atoms with E-state index in [2.05, 4.69) is 11.0 Å². The number of carbonyl (C=O) groups is 1. The molecule has 0 atom stereocenters. The Balaban J connectivity index is 1.68. The molecule has 29 heavy (non-hydrogen) atoms. The third kappa shape index (κ3) is 4.34. The topological polar surface area (TPSA) is 67.8 Å². The number of carbonyl (C=O) groups excluding carboxylic acids is 1. The summed E-state index contributed by atoms with van der Waals surface area (Å²) in [6.07, 6.45) is 1.95. The second-order valence-corrected chi connectivity index (χ2v) is 7.44. The van der Waals surface area contributed by atoms with Crippen LogP contribution in [0.3, 0.4) is 0 Å². The molecule has 1 amide bonds. The van der Waals surface area contributed by atoms with Crippen LogP contribution in [0.5, 0.6) is 5.75 Å². The second-order valence-electron chi connectivity index (χ2n) is 7.44. The lowest BCUT2D eigenvalue weighted by molar-refractivity contribution is -0.131. The Bertz CT molecular complexity index is 880. The highest BCUT2D eigenvalue weighted by molar-refractivity contribution is 5.76. The van der Waals surface area contributed by atoms with Crippen LogP contribution in [-0.2, 0) is 28.9 Å². The molecule has 0 saturated carbocycles. The Kier molecular flexibility index (Phi) is 5.94. The molecule has 7 nitrogen and oxygen atoms in total. The minimum Gasteiger partial charge on any atom is -0.497 e. The van der Waals surface area contributed by atoms with Gasteiger partial charge in [0.05, 0.1) is 32.6 Å². The highest BCUT2D eigenvalue weighted by Crippen LogP contribution is 2.28. The maximum Gasteiger partial charge on any atom is 0.222 e. The first-order valence-corrected chi connectivity index (χ1v) is 10.3. The average molecular weight is 396 g/mol. The van der Waals surface area contributed by atoms with Gasteiger partial charge >= 0.3 is 0 Å². The Hall–Kier alpha value is -2.67. The largest absolute Gasteiger partial charge is 0.497 e. The van der Waals surface area contributed by atoms with Gasteiger partial charge in [-0.2, -0.15) is 0 Å². The molecule has 0 radical (unpaired) electrons. The van der Waals surface area contributed by atoms with Crippen molar-refractivity contribution in [3.8, 4) is 5.75 Å².